The summed E-state index contributed by atoms with van der Waals surface area (Å²) in [5.41, 5.74) is 3.40. The number of aromatic hydroxyl groups is 1. The molecule has 2 N–H and O–H groups in total. The average Bonchev–Trinajstić information content (AvgIpc) is 3.15. The lowest BCUT2D eigenvalue weighted by molar-refractivity contribution is 0.0529. The van der Waals surface area contributed by atoms with E-state index in [2.05, 4.69) is 15.1 Å². The van der Waals surface area contributed by atoms with Gasteiger partial charge in [-0.3, -0.25) is 0 Å². The minimum Gasteiger partial charge on any atom is -0.508 e. The van der Waals surface area contributed by atoms with Crippen LogP contribution in [-0.4, -0.2) is 53.9 Å². The molecule has 1 aromatic heterocycles. The molecule has 0 radical (unpaired) electrons. The number of nitrogens with zero attached hydrogens (tertiary/aromatic N) is 2. The molecule has 2 aromatic carbocycles. The molecule has 3 aromatic rings. The maximum Gasteiger partial charge on any atom is 0.341 e. The molecule has 4 rings (SSSR count). The molecule has 0 spiro atoms. The fourth-order valence-corrected chi connectivity index (χ4v) is 5.43. The standard InChI is InChI=1S/C25H27N3O3S2/c1-3-31-24(30)22-21(18-8-5-4-6-9-18)17(2)33-23(22)26-25(32)28-14-12-27(13-15-28)19-10-7-11-20(29)16-19/h4-11,16,29H,3,12-15H2,1-2H3,(H,26,32). The van der Waals surface area contributed by atoms with Crippen molar-refractivity contribution in [1.82, 2.24) is 4.90 Å². The predicted molar refractivity (Wildman–Crippen MR) is 139 cm³/mol. The number of nitrogens with one attached hydrogen (secondary N) is 1. The summed E-state index contributed by atoms with van der Waals surface area (Å²) in [6, 6.07) is 17.2. The number of aryl methyl sites for hydroxylation is 1. The first-order valence-corrected chi connectivity index (χ1v) is 12.2. The van der Waals surface area contributed by atoms with Gasteiger partial charge in [0.2, 0.25) is 0 Å². The second kappa shape index (κ2) is 10.2. The molecule has 2 heterocycles. The molecular weight excluding hydrogens is 454 g/mol. The van der Waals surface area contributed by atoms with Crippen LogP contribution in [-0.2, 0) is 4.74 Å². The van der Waals surface area contributed by atoms with Crippen LogP contribution in [0.15, 0.2) is 54.6 Å². The number of esters is 1. The fraction of sp³-hybridized carbons (Fsp3) is 0.280. The van der Waals surface area contributed by atoms with Crippen molar-refractivity contribution in [1.29, 1.82) is 0 Å². The largest absolute Gasteiger partial charge is 0.508 e. The van der Waals surface area contributed by atoms with E-state index in [1.54, 1.807) is 12.1 Å². The lowest BCUT2D eigenvalue weighted by Crippen LogP contribution is -2.50. The van der Waals surface area contributed by atoms with Crippen molar-refractivity contribution >= 4 is 45.3 Å². The number of ether oxygens (including phenoxy) is 1. The van der Waals surface area contributed by atoms with Gasteiger partial charge in [-0.2, -0.15) is 0 Å². The van der Waals surface area contributed by atoms with E-state index in [0.29, 0.717) is 22.3 Å². The van der Waals surface area contributed by atoms with E-state index < -0.39 is 0 Å². The van der Waals surface area contributed by atoms with Gasteiger partial charge in [0.15, 0.2) is 5.11 Å². The molecule has 0 atom stereocenters. The Bertz CT molecular complexity index is 1140. The van der Waals surface area contributed by atoms with Crippen LogP contribution in [0, 0.1) is 6.92 Å². The molecule has 0 unspecified atom stereocenters. The SMILES string of the molecule is CCOC(=O)c1c(NC(=S)N2CCN(c3cccc(O)c3)CC2)sc(C)c1-c1ccccc1. The van der Waals surface area contributed by atoms with Gasteiger partial charge in [0.05, 0.1) is 6.61 Å². The molecule has 0 aliphatic carbocycles. The number of carbonyl (C=O) groups is 1. The number of phenolic OH excluding ortho intramolecular Hbond substituents is 1. The number of phenols is 1. The van der Waals surface area contributed by atoms with Crippen molar-refractivity contribution in [3.05, 3.63) is 65.0 Å². The highest BCUT2D eigenvalue weighted by Crippen LogP contribution is 2.40. The highest BCUT2D eigenvalue weighted by atomic mass is 32.1. The van der Waals surface area contributed by atoms with E-state index in [9.17, 15) is 9.90 Å². The van der Waals surface area contributed by atoms with Crippen molar-refractivity contribution in [2.45, 2.75) is 13.8 Å². The van der Waals surface area contributed by atoms with Crippen molar-refractivity contribution in [2.75, 3.05) is 43.0 Å². The molecule has 1 saturated heterocycles. The van der Waals surface area contributed by atoms with E-state index in [4.69, 9.17) is 17.0 Å². The van der Waals surface area contributed by atoms with Gasteiger partial charge < -0.3 is 25.0 Å². The third kappa shape index (κ3) is 5.12. The summed E-state index contributed by atoms with van der Waals surface area (Å²) < 4.78 is 5.39. The Balaban J connectivity index is 1.52. The molecule has 1 aliphatic heterocycles. The van der Waals surface area contributed by atoms with Crippen molar-refractivity contribution in [3.8, 4) is 16.9 Å². The predicted octanol–water partition coefficient (Wildman–Crippen LogP) is 5.12. The minimum atomic E-state index is -0.347. The Morgan fingerprint density at radius 3 is 2.52 bits per heavy atom. The lowest BCUT2D eigenvalue weighted by Gasteiger charge is -2.37. The highest BCUT2D eigenvalue weighted by molar-refractivity contribution is 7.80. The van der Waals surface area contributed by atoms with Crippen molar-refractivity contribution < 1.29 is 14.6 Å². The molecule has 0 saturated carbocycles. The normalized spacial score (nSPS) is 13.6. The smallest absolute Gasteiger partial charge is 0.341 e. The van der Waals surface area contributed by atoms with E-state index in [0.717, 1.165) is 47.9 Å². The first kappa shape index (κ1) is 23.1. The molecule has 6 nitrogen and oxygen atoms in total. The van der Waals surface area contributed by atoms with Crippen LogP contribution >= 0.6 is 23.6 Å². The number of hydrogen-bond acceptors (Lipinski definition) is 6. The van der Waals surface area contributed by atoms with Gasteiger partial charge in [0.25, 0.3) is 0 Å². The number of thiophene rings is 1. The monoisotopic (exact) mass is 481 g/mol. The van der Waals surface area contributed by atoms with Crippen molar-refractivity contribution in [2.24, 2.45) is 0 Å². The molecule has 172 valence electrons. The zero-order valence-electron chi connectivity index (χ0n) is 18.7. The third-order valence-corrected chi connectivity index (χ3v) is 6.99. The summed E-state index contributed by atoms with van der Waals surface area (Å²) in [6.07, 6.45) is 0. The lowest BCUT2D eigenvalue weighted by atomic mass is 10.0. The molecule has 0 bridgehead atoms. The van der Waals surface area contributed by atoms with Crippen LogP contribution < -0.4 is 10.2 Å². The summed E-state index contributed by atoms with van der Waals surface area (Å²) in [5, 5.41) is 14.4. The van der Waals surface area contributed by atoms with Crippen LogP contribution in [0.1, 0.15) is 22.2 Å². The van der Waals surface area contributed by atoms with E-state index >= 15 is 0 Å². The number of piperazine rings is 1. The van der Waals surface area contributed by atoms with Crippen LogP contribution in [0.2, 0.25) is 0 Å². The number of thiocarbonyl (C=S) groups is 1. The maximum absolute atomic E-state index is 12.9. The molecule has 0 amide bonds. The van der Waals surface area contributed by atoms with Gasteiger partial charge in [-0.25, -0.2) is 4.79 Å². The van der Waals surface area contributed by atoms with Gasteiger partial charge in [-0.05, 0) is 43.8 Å². The topological polar surface area (TPSA) is 65.0 Å². The number of anilines is 2. The maximum atomic E-state index is 12.9. The number of carbonyl (C=O) groups excluding carboxylic acids is 1. The molecule has 8 heteroatoms. The molecular formula is C25H27N3O3S2. The van der Waals surface area contributed by atoms with Crippen molar-refractivity contribution in [3.63, 3.8) is 0 Å². The zero-order valence-corrected chi connectivity index (χ0v) is 20.3. The Labute approximate surface area is 203 Å². The van der Waals surface area contributed by atoms with Crippen LogP contribution in [0.3, 0.4) is 0 Å². The van der Waals surface area contributed by atoms with E-state index in [1.165, 1.54) is 11.3 Å². The quantitative estimate of drug-likeness (QED) is 0.387. The molecule has 33 heavy (non-hydrogen) atoms. The van der Waals surface area contributed by atoms with Gasteiger partial charge in [0, 0.05) is 48.4 Å². The van der Waals surface area contributed by atoms with Gasteiger partial charge >= 0.3 is 5.97 Å². The van der Waals surface area contributed by atoms with Gasteiger partial charge in [-0.15, -0.1) is 11.3 Å². The van der Waals surface area contributed by atoms with Crippen LogP contribution in [0.4, 0.5) is 10.7 Å². The minimum absolute atomic E-state index is 0.265. The third-order valence-electron chi connectivity index (χ3n) is 5.61. The summed E-state index contributed by atoms with van der Waals surface area (Å²) in [4.78, 5) is 18.3. The first-order chi connectivity index (χ1) is 16.0. The average molecular weight is 482 g/mol. The van der Waals surface area contributed by atoms with E-state index in [1.807, 2.05) is 56.3 Å². The Morgan fingerprint density at radius 1 is 1.12 bits per heavy atom. The highest BCUT2D eigenvalue weighted by Gasteiger charge is 2.26. The second-order valence-corrected chi connectivity index (χ2v) is 9.36. The van der Waals surface area contributed by atoms with Gasteiger partial charge in [-0.1, -0.05) is 36.4 Å². The zero-order chi connectivity index (χ0) is 23.4. The van der Waals surface area contributed by atoms with Gasteiger partial charge in [0.1, 0.15) is 16.3 Å². The Morgan fingerprint density at radius 2 is 1.85 bits per heavy atom. The molecule has 1 fully saturated rings. The fourth-order valence-electron chi connectivity index (χ4n) is 4.02. The Kier molecular flexibility index (Phi) is 7.15. The van der Waals surface area contributed by atoms with Crippen LogP contribution in [0.25, 0.3) is 11.1 Å². The molecule has 1 aliphatic rings. The Hall–Kier alpha value is -3.10. The summed E-state index contributed by atoms with van der Waals surface area (Å²) >= 11 is 7.24. The number of rotatable bonds is 5. The summed E-state index contributed by atoms with van der Waals surface area (Å²) in [6.45, 7) is 7.19. The first-order valence-electron chi connectivity index (χ1n) is 10.9. The summed E-state index contributed by atoms with van der Waals surface area (Å²) in [5.74, 6) is -0.0828. The number of hydrogen-bond donors (Lipinski definition) is 2. The summed E-state index contributed by atoms with van der Waals surface area (Å²) in [7, 11) is 0. The van der Waals surface area contributed by atoms with E-state index in [-0.39, 0.29) is 11.7 Å². The second-order valence-electron chi connectivity index (χ2n) is 7.75. The van der Waals surface area contributed by atoms with Crippen LogP contribution in [0.5, 0.6) is 5.75 Å². The number of benzene rings is 2.